The predicted molar refractivity (Wildman–Crippen MR) is 94.4 cm³/mol. The molecule has 1 aromatic rings. The molecule has 0 aliphatic heterocycles. The van der Waals surface area contributed by atoms with Gasteiger partial charge < -0.3 is 5.32 Å². The predicted octanol–water partition coefficient (Wildman–Crippen LogP) is 3.83. The van der Waals surface area contributed by atoms with E-state index in [1.807, 2.05) is 13.8 Å². The first kappa shape index (κ1) is 20.0. The van der Waals surface area contributed by atoms with Gasteiger partial charge in [0.05, 0.1) is 10.6 Å². The average Bonchev–Trinajstić information content (AvgIpc) is 2.33. The number of halogens is 1. The monoisotopic (exact) mass is 359 g/mol. The van der Waals surface area contributed by atoms with Crippen molar-refractivity contribution in [3.8, 4) is 0 Å². The molecule has 0 aliphatic carbocycles. The molecule has 0 unspecified atom stereocenters. The number of hydrogen-bond donors (Lipinski definition) is 1. The third kappa shape index (κ3) is 7.36. The molecule has 1 amide bonds. The van der Waals surface area contributed by atoms with Gasteiger partial charge >= 0.3 is 0 Å². The Morgan fingerprint density at radius 2 is 1.61 bits per heavy atom. The molecule has 0 aromatic heterocycles. The Morgan fingerprint density at radius 1 is 1.09 bits per heavy atom. The van der Waals surface area contributed by atoms with E-state index in [-0.39, 0.29) is 33.9 Å². The van der Waals surface area contributed by atoms with Crippen molar-refractivity contribution in [2.45, 2.75) is 57.9 Å². The van der Waals surface area contributed by atoms with Gasteiger partial charge in [-0.3, -0.25) is 4.79 Å². The Hall–Kier alpha value is -1.07. The highest BCUT2D eigenvalue weighted by molar-refractivity contribution is 7.91. The smallest absolute Gasteiger partial charge is 0.221 e. The first-order valence-corrected chi connectivity index (χ1v) is 9.63. The van der Waals surface area contributed by atoms with Crippen molar-refractivity contribution >= 4 is 27.3 Å². The lowest BCUT2D eigenvalue weighted by molar-refractivity contribution is -0.122. The van der Waals surface area contributed by atoms with Crippen molar-refractivity contribution in [3.63, 3.8) is 0 Å². The maximum atomic E-state index is 12.2. The van der Waals surface area contributed by atoms with Gasteiger partial charge in [-0.2, -0.15) is 0 Å². The van der Waals surface area contributed by atoms with E-state index in [1.165, 1.54) is 24.3 Å². The van der Waals surface area contributed by atoms with E-state index in [4.69, 9.17) is 11.6 Å². The van der Waals surface area contributed by atoms with Crippen LogP contribution in [-0.2, 0) is 14.6 Å². The van der Waals surface area contributed by atoms with Crippen LogP contribution in [0.3, 0.4) is 0 Å². The fraction of sp³-hybridized carbons (Fsp3) is 0.588. The fourth-order valence-corrected chi connectivity index (χ4v) is 4.16. The lowest BCUT2D eigenvalue weighted by Crippen LogP contribution is -2.46. The quantitative estimate of drug-likeness (QED) is 0.839. The summed E-state index contributed by atoms with van der Waals surface area (Å²) in [4.78, 5) is 12.3. The summed E-state index contributed by atoms with van der Waals surface area (Å²) in [6, 6.07) is 5.97. The van der Waals surface area contributed by atoms with Gasteiger partial charge in [0.25, 0.3) is 0 Å². The number of nitrogens with one attached hydrogen (secondary N) is 1. The first-order valence-electron chi connectivity index (χ1n) is 7.60. The van der Waals surface area contributed by atoms with E-state index in [0.717, 1.165) is 6.42 Å². The Kier molecular flexibility index (Phi) is 6.27. The number of carbonyl (C=O) groups is 1. The molecule has 0 radical (unpaired) electrons. The fourth-order valence-electron chi connectivity index (χ4n) is 2.80. The summed E-state index contributed by atoms with van der Waals surface area (Å²) in [5.41, 5.74) is -0.300. The Morgan fingerprint density at radius 3 is 2.09 bits per heavy atom. The zero-order chi connectivity index (χ0) is 17.9. The average molecular weight is 360 g/mol. The maximum Gasteiger partial charge on any atom is 0.221 e. The van der Waals surface area contributed by atoms with Gasteiger partial charge in [-0.25, -0.2) is 8.42 Å². The summed E-state index contributed by atoms with van der Waals surface area (Å²) in [7, 11) is -3.48. The Balaban J connectivity index is 2.63. The van der Waals surface area contributed by atoms with E-state index in [0.29, 0.717) is 5.02 Å². The van der Waals surface area contributed by atoms with Crippen molar-refractivity contribution in [1.29, 1.82) is 0 Å². The lowest BCUT2D eigenvalue weighted by atomic mass is 9.82. The number of rotatable bonds is 6. The third-order valence-corrected chi connectivity index (χ3v) is 5.20. The Bertz CT molecular complexity index is 643. The van der Waals surface area contributed by atoms with Crippen molar-refractivity contribution < 1.29 is 13.2 Å². The molecular formula is C17H26ClNO3S. The summed E-state index contributed by atoms with van der Waals surface area (Å²) in [6.07, 6.45) is 0.744. The van der Waals surface area contributed by atoms with E-state index in [9.17, 15) is 13.2 Å². The van der Waals surface area contributed by atoms with Crippen LogP contribution < -0.4 is 5.32 Å². The zero-order valence-electron chi connectivity index (χ0n) is 14.4. The molecule has 23 heavy (non-hydrogen) atoms. The van der Waals surface area contributed by atoms with Gasteiger partial charge in [0.15, 0.2) is 9.84 Å². The van der Waals surface area contributed by atoms with Crippen LogP contribution in [-0.4, -0.2) is 25.6 Å². The van der Waals surface area contributed by atoms with Crippen LogP contribution in [0.4, 0.5) is 0 Å². The van der Waals surface area contributed by atoms with Gasteiger partial charge in [-0.15, -0.1) is 0 Å². The molecule has 0 fully saturated rings. The van der Waals surface area contributed by atoms with Crippen LogP contribution in [0.25, 0.3) is 0 Å². The van der Waals surface area contributed by atoms with Crippen LogP contribution in [0.1, 0.15) is 47.5 Å². The molecular weight excluding hydrogens is 334 g/mol. The van der Waals surface area contributed by atoms with Gasteiger partial charge in [0.2, 0.25) is 5.91 Å². The minimum absolute atomic E-state index is 0.0570. The molecule has 0 heterocycles. The van der Waals surface area contributed by atoms with Gasteiger partial charge in [-0.1, -0.05) is 32.4 Å². The topological polar surface area (TPSA) is 63.2 Å². The van der Waals surface area contributed by atoms with Crippen molar-refractivity contribution in [2.24, 2.45) is 5.41 Å². The summed E-state index contributed by atoms with van der Waals surface area (Å²) >= 11 is 5.76. The number of amides is 1. The zero-order valence-corrected chi connectivity index (χ0v) is 16.0. The SMILES string of the molecule is CC(C)(C)CC(C)(C)NC(=O)CCS(=O)(=O)c1ccc(Cl)cc1. The summed E-state index contributed by atoms with van der Waals surface area (Å²) in [5, 5.41) is 3.40. The number of benzene rings is 1. The van der Waals surface area contributed by atoms with E-state index in [2.05, 4.69) is 26.1 Å². The number of hydrogen-bond acceptors (Lipinski definition) is 3. The molecule has 6 heteroatoms. The van der Waals surface area contributed by atoms with Crippen LogP contribution in [0, 0.1) is 5.41 Å². The highest BCUT2D eigenvalue weighted by Crippen LogP contribution is 2.26. The van der Waals surface area contributed by atoms with Gasteiger partial charge in [0.1, 0.15) is 0 Å². The van der Waals surface area contributed by atoms with E-state index in [1.54, 1.807) is 0 Å². The molecule has 4 nitrogen and oxygen atoms in total. The minimum Gasteiger partial charge on any atom is -0.351 e. The number of sulfone groups is 1. The van der Waals surface area contributed by atoms with Gasteiger partial charge in [0, 0.05) is 17.0 Å². The molecule has 130 valence electrons. The van der Waals surface area contributed by atoms with Crippen LogP contribution in [0.15, 0.2) is 29.2 Å². The molecule has 0 saturated carbocycles. The maximum absolute atomic E-state index is 12.2. The highest BCUT2D eigenvalue weighted by Gasteiger charge is 2.27. The standard InChI is InChI=1S/C17H26ClNO3S/c1-16(2,3)12-17(4,5)19-15(20)10-11-23(21,22)14-8-6-13(18)7-9-14/h6-9H,10-12H2,1-5H3,(H,19,20). The normalized spacial score (nSPS) is 13.0. The van der Waals surface area contributed by atoms with Crippen molar-refractivity contribution in [3.05, 3.63) is 29.3 Å². The second kappa shape index (κ2) is 7.22. The highest BCUT2D eigenvalue weighted by atomic mass is 35.5. The number of carbonyl (C=O) groups excluding carboxylic acids is 1. The third-order valence-electron chi connectivity index (χ3n) is 3.22. The van der Waals surface area contributed by atoms with Crippen LogP contribution in [0.5, 0.6) is 0 Å². The molecule has 0 bridgehead atoms. The molecule has 0 aliphatic rings. The summed E-state index contributed by atoms with van der Waals surface area (Å²) in [6.45, 7) is 10.2. The Labute approximate surface area is 144 Å². The van der Waals surface area contributed by atoms with Gasteiger partial charge in [-0.05, 0) is 49.9 Å². The van der Waals surface area contributed by atoms with Crippen LogP contribution >= 0.6 is 11.6 Å². The first-order chi connectivity index (χ1) is 10.3. The van der Waals surface area contributed by atoms with Crippen molar-refractivity contribution in [2.75, 3.05) is 5.75 Å². The van der Waals surface area contributed by atoms with Crippen molar-refractivity contribution in [1.82, 2.24) is 5.32 Å². The van der Waals surface area contributed by atoms with E-state index < -0.39 is 9.84 Å². The molecule has 1 rings (SSSR count). The second-order valence-electron chi connectivity index (χ2n) is 7.69. The molecule has 0 saturated heterocycles. The summed E-state index contributed by atoms with van der Waals surface area (Å²) < 4.78 is 24.4. The summed E-state index contributed by atoms with van der Waals surface area (Å²) in [5.74, 6) is -0.469. The van der Waals surface area contributed by atoms with Crippen LogP contribution in [0.2, 0.25) is 5.02 Å². The second-order valence-corrected chi connectivity index (χ2v) is 10.2. The molecule has 0 spiro atoms. The lowest BCUT2D eigenvalue weighted by Gasteiger charge is -2.33. The molecule has 1 aromatic carbocycles. The molecule has 0 atom stereocenters. The van der Waals surface area contributed by atoms with E-state index >= 15 is 0 Å². The molecule has 1 N–H and O–H groups in total. The largest absolute Gasteiger partial charge is 0.351 e. The minimum atomic E-state index is -3.48.